The van der Waals surface area contributed by atoms with Crippen LogP contribution in [0.15, 0.2) is 76.6 Å². The normalized spacial score (nSPS) is 28.2. The van der Waals surface area contributed by atoms with Crippen molar-refractivity contribution in [3.05, 3.63) is 102 Å². The van der Waals surface area contributed by atoms with Crippen LogP contribution in [0.25, 0.3) is 0 Å². The number of carbonyl (C=O) groups is 2. The minimum Gasteiger partial charge on any atom is -0.493 e. The van der Waals surface area contributed by atoms with Gasteiger partial charge in [0.15, 0.2) is 11.5 Å². The second-order valence-electron chi connectivity index (χ2n) is 11.8. The Bertz CT molecular complexity index is 1860. The van der Waals surface area contributed by atoms with E-state index in [0.717, 1.165) is 27.5 Å². The molecule has 3 heterocycles. The number of fused-ring (bicyclic) bond motifs is 9. The highest BCUT2D eigenvalue weighted by Crippen LogP contribution is 2.68. The van der Waals surface area contributed by atoms with Crippen LogP contribution in [0.2, 0.25) is 10.0 Å². The number of amides is 2. The van der Waals surface area contributed by atoms with E-state index in [4.69, 9.17) is 32.7 Å². The van der Waals surface area contributed by atoms with Crippen LogP contribution in [0.4, 0.5) is 5.69 Å². The zero-order valence-electron chi connectivity index (χ0n) is 23.4. The van der Waals surface area contributed by atoms with Crippen LogP contribution >= 0.6 is 46.3 Å². The van der Waals surface area contributed by atoms with Crippen molar-refractivity contribution in [3.8, 4) is 11.5 Å². The van der Waals surface area contributed by atoms with Crippen molar-refractivity contribution >= 4 is 63.8 Å². The van der Waals surface area contributed by atoms with Crippen LogP contribution in [0, 0.1) is 29.6 Å². The van der Waals surface area contributed by atoms with Gasteiger partial charge in [-0.15, -0.1) is 11.8 Å². The maximum atomic E-state index is 14.0. The number of hydrogen-bond acceptors (Lipinski definition) is 7. The molecule has 1 N–H and O–H groups in total. The number of thioether (sulfide) groups is 1. The maximum Gasteiger partial charge on any atom is 0.305 e. The quantitative estimate of drug-likeness (QED) is 0.223. The predicted octanol–water partition coefficient (Wildman–Crippen LogP) is 7.01. The molecule has 3 aromatic carbocycles. The monoisotopic (exact) mass is 664 g/mol. The number of halogens is 2. The van der Waals surface area contributed by atoms with Crippen molar-refractivity contribution in [3.63, 3.8) is 0 Å². The number of aromatic amines is 1. The number of thiazole rings is 1. The van der Waals surface area contributed by atoms with Crippen molar-refractivity contribution in [1.82, 2.24) is 4.98 Å². The third-order valence-corrected chi connectivity index (χ3v) is 12.8. The standard InChI is InChI=1S/C33H26Cl2N2O5S2/c1-41-23-12-16(4-11-22(23)42-14-15-2-5-17(34)6-3-15)24-25-20-13-21(28(25)43-30-29(24)44-33(40)36-30)27-26(20)31(38)37(32(27)39)19-9-7-18(35)8-10-19/h2-12,20-21,24-28H,13-14H2,1H3,(H,36,40)/t20?,21?,24-,25?,26?,27?,28?/m1/s1. The molecule has 1 saturated heterocycles. The highest BCUT2D eigenvalue weighted by atomic mass is 35.5. The molecule has 44 heavy (non-hydrogen) atoms. The summed E-state index contributed by atoms with van der Waals surface area (Å²) >= 11 is 15.0. The smallest absolute Gasteiger partial charge is 0.305 e. The van der Waals surface area contributed by atoms with Gasteiger partial charge < -0.3 is 14.5 Å². The summed E-state index contributed by atoms with van der Waals surface area (Å²) in [6.07, 6.45) is 0.818. The summed E-state index contributed by atoms with van der Waals surface area (Å²) in [7, 11) is 1.62. The van der Waals surface area contributed by atoms with Crippen molar-refractivity contribution in [2.45, 2.75) is 29.2 Å². The summed E-state index contributed by atoms with van der Waals surface area (Å²) in [6, 6.07) is 20.3. The number of nitrogens with one attached hydrogen (secondary N) is 1. The summed E-state index contributed by atoms with van der Waals surface area (Å²) in [5.74, 6) is 0.218. The van der Waals surface area contributed by atoms with Gasteiger partial charge in [-0.1, -0.05) is 52.7 Å². The molecule has 2 bridgehead atoms. The van der Waals surface area contributed by atoms with Gasteiger partial charge in [0, 0.05) is 26.1 Å². The van der Waals surface area contributed by atoms with E-state index in [-0.39, 0.29) is 57.4 Å². The first-order valence-electron chi connectivity index (χ1n) is 14.4. The highest BCUT2D eigenvalue weighted by Gasteiger charge is 2.69. The van der Waals surface area contributed by atoms with Crippen LogP contribution in [0.5, 0.6) is 11.5 Å². The number of imide groups is 1. The van der Waals surface area contributed by atoms with Gasteiger partial charge in [0.1, 0.15) is 6.61 Å². The molecule has 8 rings (SSSR count). The molecule has 224 valence electrons. The molecule has 11 heteroatoms. The number of rotatable bonds is 6. The molecule has 0 spiro atoms. The topological polar surface area (TPSA) is 88.7 Å². The summed E-state index contributed by atoms with van der Waals surface area (Å²) in [5, 5.41) is 2.18. The van der Waals surface area contributed by atoms with E-state index in [1.54, 1.807) is 43.1 Å². The largest absolute Gasteiger partial charge is 0.493 e. The summed E-state index contributed by atoms with van der Waals surface area (Å²) < 4.78 is 11.9. The molecule has 6 unspecified atom stereocenters. The number of methoxy groups -OCH3 is 1. The molecule has 2 aliphatic heterocycles. The fraction of sp³-hybridized carbons (Fsp3) is 0.303. The number of ether oxygens (including phenoxy) is 2. The Morgan fingerprint density at radius 1 is 0.886 bits per heavy atom. The second-order valence-corrected chi connectivity index (χ2v) is 14.8. The third-order valence-electron chi connectivity index (χ3n) is 9.66. The number of anilines is 1. The Hall–Kier alpha value is -3.24. The fourth-order valence-electron chi connectivity index (χ4n) is 7.97. The van der Waals surface area contributed by atoms with Crippen molar-refractivity contribution in [2.75, 3.05) is 12.0 Å². The average Bonchev–Trinajstić information content (AvgIpc) is 3.76. The van der Waals surface area contributed by atoms with Gasteiger partial charge in [0.2, 0.25) is 11.8 Å². The zero-order chi connectivity index (χ0) is 30.3. The number of benzene rings is 3. The van der Waals surface area contributed by atoms with Gasteiger partial charge in [-0.25, -0.2) is 0 Å². The number of aromatic nitrogens is 1. The van der Waals surface area contributed by atoms with Crippen LogP contribution in [0.3, 0.4) is 0 Å². The van der Waals surface area contributed by atoms with E-state index in [1.807, 2.05) is 42.5 Å². The molecular weight excluding hydrogens is 639 g/mol. The lowest BCUT2D eigenvalue weighted by Gasteiger charge is -2.43. The molecule has 7 nitrogen and oxygen atoms in total. The summed E-state index contributed by atoms with van der Waals surface area (Å²) in [6.45, 7) is 0.355. The van der Waals surface area contributed by atoms with E-state index >= 15 is 0 Å². The van der Waals surface area contributed by atoms with E-state index in [1.165, 1.54) is 16.2 Å². The predicted molar refractivity (Wildman–Crippen MR) is 171 cm³/mol. The lowest BCUT2D eigenvalue weighted by atomic mass is 9.68. The van der Waals surface area contributed by atoms with Gasteiger partial charge in [-0.05, 0) is 83.8 Å². The van der Waals surface area contributed by atoms with Crippen LogP contribution in [-0.2, 0) is 16.2 Å². The molecule has 7 atom stereocenters. The number of hydrogen-bond donors (Lipinski definition) is 1. The average molecular weight is 666 g/mol. The Kier molecular flexibility index (Phi) is 6.86. The van der Waals surface area contributed by atoms with E-state index < -0.39 is 0 Å². The lowest BCUT2D eigenvalue weighted by Crippen LogP contribution is -2.42. The van der Waals surface area contributed by atoms with Gasteiger partial charge in [0.05, 0.1) is 29.7 Å². The van der Waals surface area contributed by atoms with E-state index in [9.17, 15) is 14.4 Å². The first kappa shape index (κ1) is 28.2. The third kappa shape index (κ3) is 4.35. The van der Waals surface area contributed by atoms with Gasteiger partial charge in [-0.2, -0.15) is 0 Å². The van der Waals surface area contributed by atoms with Crippen molar-refractivity contribution in [1.29, 1.82) is 0 Å². The molecule has 4 aromatic rings. The van der Waals surface area contributed by atoms with Gasteiger partial charge in [0.25, 0.3) is 0 Å². The molecule has 0 radical (unpaired) electrons. The Balaban J connectivity index is 1.14. The van der Waals surface area contributed by atoms with Crippen LogP contribution in [-0.4, -0.2) is 29.2 Å². The number of nitrogens with zero attached hydrogens (tertiary/aromatic N) is 1. The zero-order valence-corrected chi connectivity index (χ0v) is 26.5. The molecule has 2 amide bonds. The van der Waals surface area contributed by atoms with Crippen molar-refractivity contribution in [2.24, 2.45) is 29.6 Å². The minimum absolute atomic E-state index is 0.0124. The molecule has 4 aliphatic rings. The molecule has 3 fully saturated rings. The Morgan fingerprint density at radius 2 is 1.57 bits per heavy atom. The molecular formula is C33H26Cl2N2O5S2. The minimum atomic E-state index is -0.381. The molecule has 2 saturated carbocycles. The van der Waals surface area contributed by atoms with Gasteiger partial charge >= 0.3 is 4.87 Å². The van der Waals surface area contributed by atoms with Gasteiger partial charge in [-0.3, -0.25) is 19.3 Å². The summed E-state index contributed by atoms with van der Waals surface area (Å²) in [5.41, 5.74) is 2.55. The fourth-order valence-corrected chi connectivity index (χ4v) is 11.1. The SMILES string of the molecule is COc1cc([C@H]2c3sc(=O)[nH]c3SC3C4CC(C5C(=O)N(c6ccc(Cl)cc6)C(=O)C45)C32)ccc1OCc1ccc(Cl)cc1. The molecule has 1 aromatic heterocycles. The summed E-state index contributed by atoms with van der Waals surface area (Å²) in [4.78, 5) is 45.7. The first-order valence-corrected chi connectivity index (χ1v) is 16.9. The van der Waals surface area contributed by atoms with Crippen LogP contribution < -0.4 is 19.2 Å². The lowest BCUT2D eigenvalue weighted by molar-refractivity contribution is -0.123. The highest BCUT2D eigenvalue weighted by molar-refractivity contribution is 8.00. The van der Waals surface area contributed by atoms with E-state index in [0.29, 0.717) is 33.8 Å². The van der Waals surface area contributed by atoms with Crippen molar-refractivity contribution < 1.29 is 19.1 Å². The molecule has 2 aliphatic carbocycles. The van der Waals surface area contributed by atoms with E-state index in [2.05, 4.69) is 4.98 Å². The first-order chi connectivity index (χ1) is 21.3. The maximum absolute atomic E-state index is 14.0. The van der Waals surface area contributed by atoms with Crippen LogP contribution in [0.1, 0.15) is 28.3 Å². The Labute approximate surface area is 271 Å². The number of H-pyrrole nitrogens is 1. The Morgan fingerprint density at radius 3 is 2.27 bits per heavy atom. The second kappa shape index (κ2) is 10.7. The number of carbonyl (C=O) groups excluding carboxylic acids is 2.